The van der Waals surface area contributed by atoms with E-state index in [0.29, 0.717) is 16.6 Å². The van der Waals surface area contributed by atoms with E-state index in [-0.39, 0.29) is 10.6 Å². The van der Waals surface area contributed by atoms with E-state index < -0.39 is 11.8 Å². The number of hydrogen-bond acceptors (Lipinski definition) is 4. The molecule has 18 heavy (non-hydrogen) atoms. The molecule has 0 bridgehead atoms. The van der Waals surface area contributed by atoms with Crippen LogP contribution < -0.4 is 0 Å². The van der Waals surface area contributed by atoms with E-state index in [0.717, 1.165) is 7.11 Å². The van der Waals surface area contributed by atoms with Crippen molar-refractivity contribution in [2.24, 2.45) is 0 Å². The van der Waals surface area contributed by atoms with Crippen molar-refractivity contribution in [3.05, 3.63) is 40.5 Å². The van der Waals surface area contributed by atoms with Crippen LogP contribution in [0.2, 0.25) is 5.02 Å². The first-order chi connectivity index (χ1) is 8.56. The molecule has 0 fully saturated rings. The second-order valence-electron chi connectivity index (χ2n) is 3.72. The van der Waals surface area contributed by atoms with Gasteiger partial charge in [0.15, 0.2) is 0 Å². The molecule has 0 amide bonds. The Morgan fingerprint density at radius 2 is 1.94 bits per heavy atom. The minimum atomic E-state index is -0.947. The van der Waals surface area contributed by atoms with Crippen LogP contribution >= 0.6 is 11.6 Å². The molecule has 4 nitrogen and oxygen atoms in total. The Morgan fingerprint density at radius 3 is 2.61 bits per heavy atom. The first-order valence-corrected chi connectivity index (χ1v) is 5.61. The summed E-state index contributed by atoms with van der Waals surface area (Å²) >= 11 is 6.17. The first-order valence-electron chi connectivity index (χ1n) is 5.23. The molecule has 0 N–H and O–H groups in total. The Labute approximate surface area is 109 Å². The lowest BCUT2D eigenvalue weighted by atomic mass is 10.1. The zero-order valence-electron chi connectivity index (χ0n) is 9.86. The van der Waals surface area contributed by atoms with Crippen LogP contribution in [0.15, 0.2) is 24.3 Å². The van der Waals surface area contributed by atoms with Gasteiger partial charge in [0.25, 0.3) is 5.78 Å². The van der Waals surface area contributed by atoms with Crippen LogP contribution in [0.3, 0.4) is 0 Å². The molecule has 1 heterocycles. The topological polar surface area (TPSA) is 56.3 Å². The van der Waals surface area contributed by atoms with E-state index in [1.165, 1.54) is 0 Å². The summed E-state index contributed by atoms with van der Waals surface area (Å²) in [4.78, 5) is 27.4. The highest BCUT2D eigenvalue weighted by molar-refractivity contribution is 6.47. The van der Waals surface area contributed by atoms with Crippen molar-refractivity contribution in [2.75, 3.05) is 7.11 Å². The molecule has 0 aliphatic heterocycles. The third kappa shape index (κ3) is 1.95. The van der Waals surface area contributed by atoms with Crippen molar-refractivity contribution < 1.29 is 14.3 Å². The van der Waals surface area contributed by atoms with Gasteiger partial charge in [-0.15, -0.1) is 0 Å². The highest BCUT2D eigenvalue weighted by Crippen LogP contribution is 2.28. The number of Topliss-reactive ketones (excluding diaryl/α,β-unsaturated/α-hetero) is 1. The summed E-state index contributed by atoms with van der Waals surface area (Å²) in [5.41, 5.74) is 1.19. The fourth-order valence-corrected chi connectivity index (χ4v) is 2.13. The summed E-state index contributed by atoms with van der Waals surface area (Å²) in [7, 11) is 1.15. The zero-order valence-corrected chi connectivity index (χ0v) is 10.6. The Balaban J connectivity index is 2.72. The molecule has 0 aliphatic carbocycles. The number of ether oxygens (including phenoxy) is 1. The van der Waals surface area contributed by atoms with E-state index in [9.17, 15) is 9.59 Å². The van der Waals surface area contributed by atoms with Crippen molar-refractivity contribution in [1.29, 1.82) is 0 Å². The molecule has 0 aliphatic rings. The summed E-state index contributed by atoms with van der Waals surface area (Å²) in [6.07, 6.45) is 0. The normalized spacial score (nSPS) is 10.4. The van der Waals surface area contributed by atoms with Gasteiger partial charge in [0.1, 0.15) is 0 Å². The number of benzene rings is 1. The van der Waals surface area contributed by atoms with E-state index >= 15 is 0 Å². The van der Waals surface area contributed by atoms with Crippen molar-refractivity contribution in [3.63, 3.8) is 0 Å². The third-order valence-electron chi connectivity index (χ3n) is 2.61. The quantitative estimate of drug-likeness (QED) is 0.475. The molecular weight excluding hydrogens is 254 g/mol. The van der Waals surface area contributed by atoms with Gasteiger partial charge >= 0.3 is 5.97 Å². The summed E-state index contributed by atoms with van der Waals surface area (Å²) in [6.45, 7) is 1.63. The van der Waals surface area contributed by atoms with Crippen LogP contribution in [-0.2, 0) is 9.53 Å². The molecular formula is C13H10ClNO3. The maximum Gasteiger partial charge on any atom is 0.379 e. The number of rotatable bonds is 2. The fourth-order valence-electron chi connectivity index (χ4n) is 1.75. The number of halogens is 1. The van der Waals surface area contributed by atoms with Crippen molar-refractivity contribution in [3.8, 4) is 0 Å². The molecule has 0 saturated carbocycles. The first kappa shape index (κ1) is 12.5. The maximum absolute atomic E-state index is 11.9. The second-order valence-corrected chi connectivity index (χ2v) is 4.10. The SMILES string of the molecule is COC(=O)C(=O)c1c(C)nc2ccccc2c1Cl. The average molecular weight is 264 g/mol. The van der Waals surface area contributed by atoms with Crippen LogP contribution in [0.5, 0.6) is 0 Å². The Bertz CT molecular complexity index is 652. The van der Waals surface area contributed by atoms with Gasteiger partial charge in [0, 0.05) is 5.39 Å². The van der Waals surface area contributed by atoms with Crippen molar-refractivity contribution in [1.82, 2.24) is 4.98 Å². The molecule has 0 unspecified atom stereocenters. The lowest BCUT2D eigenvalue weighted by molar-refractivity contribution is -0.135. The van der Waals surface area contributed by atoms with Gasteiger partial charge in [-0.2, -0.15) is 0 Å². The number of nitrogens with zero attached hydrogens (tertiary/aromatic N) is 1. The van der Waals surface area contributed by atoms with Gasteiger partial charge < -0.3 is 4.74 Å². The summed E-state index contributed by atoms with van der Waals surface area (Å²) in [6, 6.07) is 7.16. The van der Waals surface area contributed by atoms with Crippen LogP contribution in [-0.4, -0.2) is 23.8 Å². The number of methoxy groups -OCH3 is 1. The molecule has 2 rings (SSSR count). The lowest BCUT2D eigenvalue weighted by Gasteiger charge is -2.08. The number of aryl methyl sites for hydroxylation is 1. The number of ketones is 1. The lowest BCUT2D eigenvalue weighted by Crippen LogP contribution is -2.18. The highest BCUT2D eigenvalue weighted by atomic mass is 35.5. The van der Waals surface area contributed by atoms with Gasteiger partial charge in [-0.1, -0.05) is 29.8 Å². The standard InChI is InChI=1S/C13H10ClNO3/c1-7-10(12(16)13(17)18-2)11(14)8-5-3-4-6-9(8)15-7/h3-6H,1-2H3. The van der Waals surface area contributed by atoms with Crippen molar-refractivity contribution in [2.45, 2.75) is 6.92 Å². The van der Waals surface area contributed by atoms with Crippen LogP contribution in [0.4, 0.5) is 0 Å². The number of pyridine rings is 1. The van der Waals surface area contributed by atoms with Gasteiger partial charge in [-0.05, 0) is 13.0 Å². The van der Waals surface area contributed by atoms with E-state index in [2.05, 4.69) is 9.72 Å². The number of carbonyl (C=O) groups excluding carboxylic acids is 2. The Morgan fingerprint density at radius 1 is 1.28 bits per heavy atom. The Kier molecular flexibility index (Phi) is 3.30. The summed E-state index contributed by atoms with van der Waals surface area (Å²) in [5.74, 6) is -1.73. The average Bonchev–Trinajstić information content (AvgIpc) is 2.37. The van der Waals surface area contributed by atoms with Gasteiger partial charge in [0.2, 0.25) is 0 Å². The van der Waals surface area contributed by atoms with E-state index in [1.54, 1.807) is 25.1 Å². The fraction of sp³-hybridized carbons (Fsp3) is 0.154. The van der Waals surface area contributed by atoms with Crippen LogP contribution in [0.1, 0.15) is 16.1 Å². The van der Waals surface area contributed by atoms with E-state index in [4.69, 9.17) is 11.6 Å². The Hall–Kier alpha value is -1.94. The molecule has 92 valence electrons. The molecule has 0 saturated heterocycles. The van der Waals surface area contributed by atoms with Gasteiger partial charge in [-0.3, -0.25) is 9.78 Å². The molecule has 0 atom stereocenters. The van der Waals surface area contributed by atoms with Crippen LogP contribution in [0.25, 0.3) is 10.9 Å². The number of hydrogen-bond donors (Lipinski definition) is 0. The summed E-state index contributed by atoms with van der Waals surface area (Å²) < 4.78 is 4.41. The predicted molar refractivity (Wildman–Crippen MR) is 67.8 cm³/mol. The van der Waals surface area contributed by atoms with Gasteiger partial charge in [0.05, 0.1) is 28.9 Å². The molecule has 0 spiro atoms. The predicted octanol–water partition coefficient (Wildman–Crippen LogP) is 2.55. The zero-order chi connectivity index (χ0) is 13.3. The number of fused-ring (bicyclic) bond motifs is 1. The molecule has 5 heteroatoms. The molecule has 0 radical (unpaired) electrons. The molecule has 2 aromatic rings. The minimum Gasteiger partial charge on any atom is -0.463 e. The van der Waals surface area contributed by atoms with E-state index in [1.807, 2.05) is 6.07 Å². The monoisotopic (exact) mass is 263 g/mol. The van der Waals surface area contributed by atoms with Gasteiger partial charge in [-0.25, -0.2) is 4.79 Å². The number of para-hydroxylation sites is 1. The number of esters is 1. The molecule has 1 aromatic carbocycles. The molecule has 1 aromatic heterocycles. The smallest absolute Gasteiger partial charge is 0.379 e. The summed E-state index contributed by atoms with van der Waals surface area (Å²) in [5, 5.41) is 0.866. The highest BCUT2D eigenvalue weighted by Gasteiger charge is 2.24. The number of aromatic nitrogens is 1. The van der Waals surface area contributed by atoms with Crippen molar-refractivity contribution >= 4 is 34.3 Å². The number of carbonyl (C=O) groups is 2. The maximum atomic E-state index is 11.9. The largest absolute Gasteiger partial charge is 0.463 e. The second kappa shape index (κ2) is 4.74. The minimum absolute atomic E-state index is 0.0993. The van der Waals surface area contributed by atoms with Crippen LogP contribution in [0, 0.1) is 6.92 Å². The third-order valence-corrected chi connectivity index (χ3v) is 3.00.